The van der Waals surface area contributed by atoms with E-state index in [-0.39, 0.29) is 20.4 Å². The van der Waals surface area contributed by atoms with Gasteiger partial charge in [0.2, 0.25) is 0 Å². The fourth-order valence-electron chi connectivity index (χ4n) is 0.366. The maximum Gasteiger partial charge on any atom is 0.147 e. The first kappa shape index (κ1) is 9.39. The molecule has 1 heterocycles. The van der Waals surface area contributed by atoms with Crippen LogP contribution in [0.25, 0.3) is 0 Å². The van der Waals surface area contributed by atoms with Crippen molar-refractivity contribution < 1.29 is 20.4 Å². The number of hydrogen-bond acceptors (Lipinski definition) is 1. The predicted molar refractivity (Wildman–Crippen MR) is 34.3 cm³/mol. The molecule has 0 atom stereocenters. The Morgan fingerprint density at radius 2 is 2.00 bits per heavy atom. The smallest absolute Gasteiger partial charge is 0.147 e. The fourth-order valence-corrected chi connectivity index (χ4v) is 0.607. The van der Waals surface area contributed by atoms with Gasteiger partial charge in [0, 0.05) is 26.6 Å². The molecule has 0 saturated carbocycles. The Labute approximate surface area is 77.0 Å². The van der Waals surface area contributed by atoms with E-state index in [2.05, 4.69) is 4.98 Å². The van der Waals surface area contributed by atoms with Gasteiger partial charge in [-0.2, -0.15) is 0 Å². The molecule has 1 aromatic rings. The second-order valence-corrected chi connectivity index (χ2v) is 2.04. The Hall–Kier alpha value is 0.392. The zero-order valence-electron chi connectivity index (χ0n) is 4.25. The maximum atomic E-state index is 5.51. The minimum absolute atomic E-state index is 0. The van der Waals surface area contributed by atoms with Crippen molar-refractivity contribution in [2.75, 3.05) is 0 Å². The van der Waals surface area contributed by atoms with Crippen molar-refractivity contribution in [3.63, 3.8) is 0 Å². The molecule has 0 amide bonds. The van der Waals surface area contributed by atoms with Crippen LogP contribution in [0.15, 0.2) is 18.3 Å². The molecule has 1 aromatic heterocycles. The average molecular weight is 254 g/mol. The Bertz CT molecular complexity index is 171. The number of aromatic nitrogens is 1. The fraction of sp³-hybridized carbons (Fsp3) is 0. The van der Waals surface area contributed by atoms with Crippen LogP contribution in [0, 0.1) is 0 Å². The van der Waals surface area contributed by atoms with Crippen LogP contribution < -0.4 is 0 Å². The minimum atomic E-state index is 0. The molecular formula is C5H3Cl2NPd. The number of pyridine rings is 1. The number of rotatable bonds is 0. The van der Waals surface area contributed by atoms with Crippen molar-refractivity contribution in [2.45, 2.75) is 0 Å². The molecule has 0 spiro atoms. The molecule has 9 heavy (non-hydrogen) atoms. The maximum absolute atomic E-state index is 5.51. The molecule has 0 aliphatic heterocycles. The molecule has 1 rings (SSSR count). The summed E-state index contributed by atoms with van der Waals surface area (Å²) in [6, 6.07) is 3.42. The van der Waals surface area contributed by atoms with E-state index in [1.54, 1.807) is 18.3 Å². The monoisotopic (exact) mass is 253 g/mol. The van der Waals surface area contributed by atoms with Gasteiger partial charge in [0.1, 0.15) is 5.15 Å². The molecule has 0 saturated heterocycles. The van der Waals surface area contributed by atoms with Crippen LogP contribution in [0.5, 0.6) is 0 Å². The standard InChI is InChI=1S/C5H3Cl2N.Pd/c6-4-2-1-3-8-5(4)7;/h1-3H;. The van der Waals surface area contributed by atoms with E-state index in [4.69, 9.17) is 23.2 Å². The molecule has 1 nitrogen and oxygen atoms in total. The Morgan fingerprint density at radius 3 is 2.33 bits per heavy atom. The quantitative estimate of drug-likeness (QED) is 0.512. The summed E-state index contributed by atoms with van der Waals surface area (Å²) in [7, 11) is 0. The predicted octanol–water partition coefficient (Wildman–Crippen LogP) is 2.39. The number of hydrogen-bond donors (Lipinski definition) is 0. The van der Waals surface area contributed by atoms with Gasteiger partial charge < -0.3 is 0 Å². The largest absolute Gasteiger partial charge is 0.243 e. The SMILES string of the molecule is Clc1cccnc1Cl.[Pd]. The third-order valence-electron chi connectivity index (χ3n) is 0.714. The first-order valence-electron chi connectivity index (χ1n) is 2.07. The average Bonchev–Trinajstić information content (AvgIpc) is 1.77. The van der Waals surface area contributed by atoms with E-state index < -0.39 is 0 Å². The van der Waals surface area contributed by atoms with Crippen LogP contribution in [0.1, 0.15) is 0 Å². The van der Waals surface area contributed by atoms with Gasteiger partial charge in [-0.3, -0.25) is 0 Å². The molecule has 0 radical (unpaired) electrons. The van der Waals surface area contributed by atoms with Gasteiger partial charge in [-0.1, -0.05) is 23.2 Å². The molecule has 0 aliphatic rings. The molecule has 0 aliphatic carbocycles. The Balaban J connectivity index is 0.000000640. The van der Waals surface area contributed by atoms with Crippen molar-refractivity contribution in [1.29, 1.82) is 0 Å². The minimum Gasteiger partial charge on any atom is -0.243 e. The molecular weight excluding hydrogens is 251 g/mol. The third-order valence-corrected chi connectivity index (χ3v) is 1.42. The zero-order valence-corrected chi connectivity index (χ0v) is 7.32. The molecule has 0 unspecified atom stereocenters. The van der Waals surface area contributed by atoms with Crippen molar-refractivity contribution in [2.24, 2.45) is 0 Å². The third kappa shape index (κ3) is 2.64. The summed E-state index contributed by atoms with van der Waals surface area (Å²) in [5.41, 5.74) is 0. The van der Waals surface area contributed by atoms with Crippen molar-refractivity contribution >= 4 is 23.2 Å². The summed E-state index contributed by atoms with van der Waals surface area (Å²) < 4.78 is 0. The van der Waals surface area contributed by atoms with Crippen LogP contribution in [0.2, 0.25) is 10.2 Å². The van der Waals surface area contributed by atoms with Gasteiger partial charge >= 0.3 is 0 Å². The van der Waals surface area contributed by atoms with Gasteiger partial charge in [0.25, 0.3) is 0 Å². The summed E-state index contributed by atoms with van der Waals surface area (Å²) in [6.07, 6.45) is 1.59. The molecule has 0 aromatic carbocycles. The van der Waals surface area contributed by atoms with Crippen LogP contribution >= 0.6 is 23.2 Å². The summed E-state index contributed by atoms with van der Waals surface area (Å²) in [5, 5.41) is 0.850. The molecule has 4 heteroatoms. The zero-order chi connectivity index (χ0) is 5.98. The van der Waals surface area contributed by atoms with Gasteiger partial charge in [0.15, 0.2) is 0 Å². The van der Waals surface area contributed by atoms with Gasteiger partial charge in [-0.05, 0) is 12.1 Å². The van der Waals surface area contributed by atoms with Crippen LogP contribution in [0.4, 0.5) is 0 Å². The van der Waals surface area contributed by atoms with Crippen molar-refractivity contribution in [3.8, 4) is 0 Å². The second kappa shape index (κ2) is 4.25. The number of halogens is 2. The van der Waals surface area contributed by atoms with E-state index in [0.717, 1.165) is 0 Å². The Morgan fingerprint density at radius 1 is 1.33 bits per heavy atom. The van der Waals surface area contributed by atoms with Crippen LogP contribution in [0.3, 0.4) is 0 Å². The van der Waals surface area contributed by atoms with E-state index in [1.807, 2.05) is 0 Å². The van der Waals surface area contributed by atoms with E-state index in [0.29, 0.717) is 10.2 Å². The Kier molecular flexibility index (Phi) is 4.43. The van der Waals surface area contributed by atoms with E-state index in [1.165, 1.54) is 0 Å². The summed E-state index contributed by atoms with van der Waals surface area (Å²) in [4.78, 5) is 3.71. The van der Waals surface area contributed by atoms with E-state index in [9.17, 15) is 0 Å². The topological polar surface area (TPSA) is 12.9 Å². The summed E-state index contributed by atoms with van der Waals surface area (Å²) in [5.74, 6) is 0. The van der Waals surface area contributed by atoms with Crippen LogP contribution in [-0.4, -0.2) is 4.98 Å². The number of nitrogens with zero attached hydrogens (tertiary/aromatic N) is 1. The summed E-state index contributed by atoms with van der Waals surface area (Å²) >= 11 is 11.0. The van der Waals surface area contributed by atoms with Gasteiger partial charge in [-0.25, -0.2) is 4.98 Å². The van der Waals surface area contributed by atoms with Gasteiger partial charge in [0.05, 0.1) is 5.02 Å². The van der Waals surface area contributed by atoms with Crippen molar-refractivity contribution in [1.82, 2.24) is 4.98 Å². The first-order chi connectivity index (χ1) is 3.80. The summed E-state index contributed by atoms with van der Waals surface area (Å²) in [6.45, 7) is 0. The second-order valence-electron chi connectivity index (χ2n) is 1.28. The van der Waals surface area contributed by atoms with Gasteiger partial charge in [-0.15, -0.1) is 0 Å². The molecule has 0 N–H and O–H groups in total. The van der Waals surface area contributed by atoms with E-state index >= 15 is 0 Å². The molecule has 0 bridgehead atoms. The molecule has 0 fully saturated rings. The molecule has 52 valence electrons. The first-order valence-corrected chi connectivity index (χ1v) is 2.82. The van der Waals surface area contributed by atoms with Crippen molar-refractivity contribution in [3.05, 3.63) is 28.5 Å². The van der Waals surface area contributed by atoms with Crippen LogP contribution in [-0.2, 0) is 20.4 Å². The normalized spacial score (nSPS) is 8.22.